The summed E-state index contributed by atoms with van der Waals surface area (Å²) in [5.41, 5.74) is 4.18. The van der Waals surface area contributed by atoms with Crippen LogP contribution in [-0.2, 0) is 16.0 Å². The van der Waals surface area contributed by atoms with Gasteiger partial charge in [0, 0.05) is 23.1 Å². The predicted molar refractivity (Wildman–Crippen MR) is 109 cm³/mol. The summed E-state index contributed by atoms with van der Waals surface area (Å²) in [7, 11) is 4.21. The molecule has 0 spiro atoms. The molecule has 0 fully saturated rings. The number of ether oxygens (including phenoxy) is 3. The van der Waals surface area contributed by atoms with Crippen LogP contribution in [0.1, 0.15) is 27.0 Å². The van der Waals surface area contributed by atoms with Crippen LogP contribution in [0.5, 0.6) is 11.5 Å². The molecule has 0 aliphatic heterocycles. The lowest BCUT2D eigenvalue weighted by atomic mass is 10.0. The number of benzene rings is 2. The number of fused-ring (bicyclic) bond motifs is 1. The highest BCUT2D eigenvalue weighted by Gasteiger charge is 2.20. The summed E-state index contributed by atoms with van der Waals surface area (Å²) in [6.07, 6.45) is 1.67. The third-order valence-electron chi connectivity index (χ3n) is 4.82. The van der Waals surface area contributed by atoms with Gasteiger partial charge >= 0.3 is 5.97 Å². The zero-order valence-corrected chi connectivity index (χ0v) is 17.0. The number of esters is 1. The van der Waals surface area contributed by atoms with Gasteiger partial charge in [0.25, 0.3) is 0 Å². The van der Waals surface area contributed by atoms with Crippen molar-refractivity contribution in [2.45, 2.75) is 20.3 Å². The van der Waals surface area contributed by atoms with Gasteiger partial charge in [-0.1, -0.05) is 0 Å². The third kappa shape index (κ3) is 4.03. The number of hydrogen-bond donors (Lipinski definition) is 1. The molecule has 0 aliphatic rings. The molecular weight excluding hydrogens is 374 g/mol. The molecule has 0 bridgehead atoms. The van der Waals surface area contributed by atoms with E-state index >= 15 is 0 Å². The molecule has 0 saturated carbocycles. The van der Waals surface area contributed by atoms with Crippen LogP contribution in [0, 0.1) is 13.8 Å². The Kier molecular flexibility index (Phi) is 5.77. The summed E-state index contributed by atoms with van der Waals surface area (Å²) < 4.78 is 20.9. The molecule has 7 heteroatoms. The quantitative estimate of drug-likeness (QED) is 0.632. The fourth-order valence-corrected chi connectivity index (χ4v) is 3.10. The molecule has 3 rings (SSSR count). The van der Waals surface area contributed by atoms with Crippen molar-refractivity contribution in [3.05, 3.63) is 52.8 Å². The van der Waals surface area contributed by atoms with E-state index in [1.54, 1.807) is 6.26 Å². The molecule has 0 atom stereocenters. The Labute approximate surface area is 168 Å². The molecule has 1 N–H and O–H groups in total. The summed E-state index contributed by atoms with van der Waals surface area (Å²) in [6, 6.07) is 6.96. The summed E-state index contributed by atoms with van der Waals surface area (Å²) in [6.45, 7) is 4.02. The van der Waals surface area contributed by atoms with E-state index in [9.17, 15) is 9.59 Å². The van der Waals surface area contributed by atoms with Crippen molar-refractivity contribution >= 4 is 28.5 Å². The van der Waals surface area contributed by atoms with E-state index in [2.05, 4.69) is 5.32 Å². The topological polar surface area (TPSA) is 87.0 Å². The van der Waals surface area contributed by atoms with Crippen molar-refractivity contribution in [2.75, 3.05) is 26.6 Å². The molecule has 1 heterocycles. The van der Waals surface area contributed by atoms with E-state index in [0.717, 1.165) is 27.7 Å². The van der Waals surface area contributed by atoms with E-state index in [-0.39, 0.29) is 23.6 Å². The Balaban J connectivity index is 1.90. The first-order valence-corrected chi connectivity index (χ1v) is 8.99. The molecule has 29 heavy (non-hydrogen) atoms. The second-order valence-electron chi connectivity index (χ2n) is 6.66. The average Bonchev–Trinajstić information content (AvgIpc) is 3.08. The standard InChI is InChI=1S/C22H23NO6/c1-12-6-15-14(11-29-18(15)7-13(12)2)8-21(24)23-17-10-20(27-4)19(26-3)9-16(17)22(25)28-5/h6-7,9-11H,8H2,1-5H3,(H,23,24). The molecule has 1 aromatic heterocycles. The first-order chi connectivity index (χ1) is 13.9. The molecule has 0 saturated heterocycles. The number of rotatable bonds is 6. The lowest BCUT2D eigenvalue weighted by Crippen LogP contribution is -2.17. The number of nitrogens with one attached hydrogen (secondary N) is 1. The zero-order valence-electron chi connectivity index (χ0n) is 17.0. The van der Waals surface area contributed by atoms with Crippen LogP contribution >= 0.6 is 0 Å². The number of methoxy groups -OCH3 is 3. The fraction of sp³-hybridized carbons (Fsp3) is 0.273. The maximum atomic E-state index is 12.7. The van der Waals surface area contributed by atoms with Gasteiger partial charge in [-0.15, -0.1) is 0 Å². The van der Waals surface area contributed by atoms with Crippen LogP contribution in [0.15, 0.2) is 34.9 Å². The monoisotopic (exact) mass is 397 g/mol. The minimum atomic E-state index is -0.596. The van der Waals surface area contributed by atoms with Crippen molar-refractivity contribution < 1.29 is 28.2 Å². The van der Waals surface area contributed by atoms with Crippen LogP contribution in [0.3, 0.4) is 0 Å². The van der Waals surface area contributed by atoms with Crippen molar-refractivity contribution in [1.82, 2.24) is 0 Å². The van der Waals surface area contributed by atoms with Crippen LogP contribution in [0.4, 0.5) is 5.69 Å². The summed E-state index contributed by atoms with van der Waals surface area (Å²) in [5.74, 6) is -0.155. The highest BCUT2D eigenvalue weighted by molar-refractivity contribution is 6.03. The number of hydrogen-bond acceptors (Lipinski definition) is 6. The van der Waals surface area contributed by atoms with Gasteiger partial charge in [0.15, 0.2) is 11.5 Å². The second kappa shape index (κ2) is 8.26. The minimum absolute atomic E-state index is 0.0878. The number of furan rings is 1. The minimum Gasteiger partial charge on any atom is -0.493 e. The van der Waals surface area contributed by atoms with Crippen molar-refractivity contribution in [3.8, 4) is 11.5 Å². The largest absolute Gasteiger partial charge is 0.493 e. The Bertz CT molecular complexity index is 1080. The summed E-state index contributed by atoms with van der Waals surface area (Å²) >= 11 is 0. The smallest absolute Gasteiger partial charge is 0.340 e. The lowest BCUT2D eigenvalue weighted by molar-refractivity contribution is -0.115. The Morgan fingerprint density at radius 2 is 1.62 bits per heavy atom. The molecular formula is C22H23NO6. The average molecular weight is 397 g/mol. The lowest BCUT2D eigenvalue weighted by Gasteiger charge is -2.14. The van der Waals surface area contributed by atoms with Gasteiger partial charge in [-0.05, 0) is 37.1 Å². The van der Waals surface area contributed by atoms with Crippen molar-refractivity contribution in [2.24, 2.45) is 0 Å². The van der Waals surface area contributed by atoms with Crippen LogP contribution in [0.25, 0.3) is 11.0 Å². The van der Waals surface area contributed by atoms with Crippen LogP contribution in [0.2, 0.25) is 0 Å². The van der Waals surface area contributed by atoms with E-state index < -0.39 is 5.97 Å². The van der Waals surface area contributed by atoms with Gasteiger partial charge in [-0.2, -0.15) is 0 Å². The molecule has 7 nitrogen and oxygen atoms in total. The molecule has 152 valence electrons. The maximum Gasteiger partial charge on any atom is 0.340 e. The first kappa shape index (κ1) is 20.3. The Morgan fingerprint density at radius 3 is 2.28 bits per heavy atom. The number of amides is 1. The molecule has 0 radical (unpaired) electrons. The number of carbonyl (C=O) groups excluding carboxylic acids is 2. The maximum absolute atomic E-state index is 12.7. The SMILES string of the molecule is COC(=O)c1cc(OC)c(OC)cc1NC(=O)Cc1coc2cc(C)c(C)cc12. The number of aryl methyl sites for hydroxylation is 2. The van der Waals surface area contributed by atoms with Crippen molar-refractivity contribution in [1.29, 1.82) is 0 Å². The molecule has 0 unspecified atom stereocenters. The van der Waals surface area contributed by atoms with Crippen molar-refractivity contribution in [3.63, 3.8) is 0 Å². The van der Waals surface area contributed by atoms with Crippen LogP contribution < -0.4 is 14.8 Å². The van der Waals surface area contributed by atoms with Gasteiger partial charge in [0.2, 0.25) is 5.91 Å². The summed E-state index contributed by atoms with van der Waals surface area (Å²) in [5, 5.41) is 3.66. The first-order valence-electron chi connectivity index (χ1n) is 8.99. The van der Waals surface area contributed by atoms with Gasteiger partial charge in [0.1, 0.15) is 5.58 Å². The van der Waals surface area contributed by atoms with E-state index in [0.29, 0.717) is 11.5 Å². The second-order valence-corrected chi connectivity index (χ2v) is 6.66. The Hall–Kier alpha value is -3.48. The highest BCUT2D eigenvalue weighted by atomic mass is 16.5. The van der Waals surface area contributed by atoms with E-state index in [4.69, 9.17) is 18.6 Å². The normalized spacial score (nSPS) is 10.7. The molecule has 2 aromatic carbocycles. The van der Waals surface area contributed by atoms with Crippen LogP contribution in [-0.4, -0.2) is 33.2 Å². The molecule has 0 aliphatic carbocycles. The predicted octanol–water partition coefficient (Wildman–Crippen LogP) is 4.03. The van der Waals surface area contributed by atoms with E-state index in [1.807, 2.05) is 26.0 Å². The van der Waals surface area contributed by atoms with Gasteiger partial charge in [0.05, 0.1) is 45.3 Å². The number of anilines is 1. The fourth-order valence-electron chi connectivity index (χ4n) is 3.10. The molecule has 1 amide bonds. The number of carbonyl (C=O) groups is 2. The van der Waals surface area contributed by atoms with Gasteiger partial charge in [-0.3, -0.25) is 4.79 Å². The molecule has 3 aromatic rings. The van der Waals surface area contributed by atoms with E-state index in [1.165, 1.54) is 33.5 Å². The Morgan fingerprint density at radius 1 is 0.966 bits per heavy atom. The third-order valence-corrected chi connectivity index (χ3v) is 4.82. The zero-order chi connectivity index (χ0) is 21.1. The summed E-state index contributed by atoms with van der Waals surface area (Å²) in [4.78, 5) is 24.9. The van der Waals surface area contributed by atoms with Gasteiger partial charge < -0.3 is 23.9 Å². The van der Waals surface area contributed by atoms with Gasteiger partial charge in [-0.25, -0.2) is 4.79 Å². The highest BCUT2D eigenvalue weighted by Crippen LogP contribution is 2.34.